The van der Waals surface area contributed by atoms with E-state index in [-0.39, 0.29) is 18.4 Å². The second kappa shape index (κ2) is 8.96. The van der Waals surface area contributed by atoms with Gasteiger partial charge in [-0.3, -0.25) is 4.79 Å². The zero-order valence-electron chi connectivity index (χ0n) is 15.6. The molecule has 10 heteroatoms. The molecule has 3 rings (SSSR count). The fourth-order valence-corrected chi connectivity index (χ4v) is 3.08. The molecule has 1 amide bonds. The van der Waals surface area contributed by atoms with Gasteiger partial charge in [-0.15, -0.1) is 0 Å². The molecule has 6 nitrogen and oxygen atoms in total. The molecule has 0 atom stereocenters. The van der Waals surface area contributed by atoms with Crippen LogP contribution in [0.25, 0.3) is 0 Å². The van der Waals surface area contributed by atoms with E-state index in [1.54, 1.807) is 25.1 Å². The van der Waals surface area contributed by atoms with Crippen LogP contribution in [0.4, 0.5) is 24.8 Å². The normalized spacial score (nSPS) is 15.2. The molecule has 0 spiro atoms. The average molecular weight is 429 g/mol. The fourth-order valence-electron chi connectivity index (χ4n) is 2.96. The first-order valence-corrected chi connectivity index (χ1v) is 9.45. The highest BCUT2D eigenvalue weighted by atomic mass is 35.5. The largest absolute Gasteiger partial charge is 0.434 e. The number of carbonyl (C=O) groups excluding carboxylic acids is 1. The number of nitrogens with one attached hydrogen (secondary N) is 2. The molecule has 1 aliphatic rings. The Bertz CT molecular complexity index is 886. The zero-order valence-corrected chi connectivity index (χ0v) is 16.4. The number of aromatic nitrogens is 2. The van der Waals surface area contributed by atoms with Crippen molar-refractivity contribution in [2.24, 2.45) is 5.92 Å². The number of ether oxygens (including phenoxy) is 1. The Labute approximate surface area is 170 Å². The number of rotatable bonds is 5. The second-order valence-electron chi connectivity index (χ2n) is 6.81. The Morgan fingerprint density at radius 2 is 2.03 bits per heavy atom. The van der Waals surface area contributed by atoms with Gasteiger partial charge in [-0.05, 0) is 49.4 Å². The zero-order chi connectivity index (χ0) is 21.0. The van der Waals surface area contributed by atoms with Gasteiger partial charge in [-0.25, -0.2) is 9.97 Å². The molecule has 1 aromatic carbocycles. The standard InChI is InChI=1S/C19H20ClF3N4O2/c1-11-8-13(2-3-15(11)20)26-18-25-10-14(16(27-18)19(21,22)23)17(28)24-9-12-4-6-29-7-5-12/h2-3,8,10,12H,4-7,9H2,1H3,(H,24,28)(H,25,26,27). The molecule has 0 unspecified atom stereocenters. The van der Waals surface area contributed by atoms with E-state index < -0.39 is 23.3 Å². The second-order valence-corrected chi connectivity index (χ2v) is 7.22. The molecule has 2 N–H and O–H groups in total. The molecule has 1 aliphatic heterocycles. The average Bonchev–Trinajstić information content (AvgIpc) is 2.69. The van der Waals surface area contributed by atoms with Crippen LogP contribution in [-0.4, -0.2) is 35.6 Å². The van der Waals surface area contributed by atoms with Crippen molar-refractivity contribution in [1.29, 1.82) is 0 Å². The molecule has 2 heterocycles. The first-order valence-electron chi connectivity index (χ1n) is 9.07. The Hall–Kier alpha value is -2.39. The van der Waals surface area contributed by atoms with Crippen molar-refractivity contribution in [3.05, 3.63) is 46.2 Å². The number of carbonyl (C=O) groups is 1. The van der Waals surface area contributed by atoms with Crippen LogP contribution in [0.2, 0.25) is 5.02 Å². The lowest BCUT2D eigenvalue weighted by atomic mass is 10.0. The van der Waals surface area contributed by atoms with Crippen LogP contribution in [-0.2, 0) is 10.9 Å². The highest BCUT2D eigenvalue weighted by Crippen LogP contribution is 2.31. The first kappa shape index (κ1) is 21.3. The van der Waals surface area contributed by atoms with Crippen molar-refractivity contribution in [3.63, 3.8) is 0 Å². The Balaban J connectivity index is 1.78. The summed E-state index contributed by atoms with van der Waals surface area (Å²) in [7, 11) is 0. The minimum Gasteiger partial charge on any atom is -0.381 e. The molecular weight excluding hydrogens is 409 g/mol. The summed E-state index contributed by atoms with van der Waals surface area (Å²) in [5.41, 5.74) is -0.666. The summed E-state index contributed by atoms with van der Waals surface area (Å²) in [6.07, 6.45) is -2.40. The van der Waals surface area contributed by atoms with Gasteiger partial charge in [0.2, 0.25) is 5.95 Å². The Morgan fingerprint density at radius 1 is 1.31 bits per heavy atom. The predicted octanol–water partition coefficient (Wildman–Crippen LogP) is 4.36. The van der Waals surface area contributed by atoms with Gasteiger partial charge in [0.15, 0.2) is 5.69 Å². The maximum Gasteiger partial charge on any atom is 0.434 e. The molecule has 156 valence electrons. The van der Waals surface area contributed by atoms with Gasteiger partial charge in [0.1, 0.15) is 0 Å². The molecule has 29 heavy (non-hydrogen) atoms. The van der Waals surface area contributed by atoms with Gasteiger partial charge in [-0.1, -0.05) is 11.6 Å². The molecule has 0 saturated carbocycles. The molecule has 1 aromatic heterocycles. The van der Waals surface area contributed by atoms with E-state index in [0.717, 1.165) is 24.6 Å². The van der Waals surface area contributed by atoms with Crippen molar-refractivity contribution in [1.82, 2.24) is 15.3 Å². The maximum absolute atomic E-state index is 13.5. The first-order chi connectivity index (χ1) is 13.7. The summed E-state index contributed by atoms with van der Waals surface area (Å²) in [5.74, 6) is -0.935. The number of nitrogens with zero attached hydrogens (tertiary/aromatic N) is 2. The monoisotopic (exact) mass is 428 g/mol. The van der Waals surface area contributed by atoms with Gasteiger partial charge >= 0.3 is 6.18 Å². The molecule has 1 fully saturated rings. The highest BCUT2D eigenvalue weighted by molar-refractivity contribution is 6.31. The third-order valence-electron chi connectivity index (χ3n) is 4.61. The number of halogens is 4. The van der Waals surface area contributed by atoms with Crippen LogP contribution < -0.4 is 10.6 Å². The predicted molar refractivity (Wildman–Crippen MR) is 102 cm³/mol. The summed E-state index contributed by atoms with van der Waals surface area (Å²) in [4.78, 5) is 19.8. The summed E-state index contributed by atoms with van der Waals surface area (Å²) in [6.45, 7) is 3.22. The van der Waals surface area contributed by atoms with Gasteiger partial charge < -0.3 is 15.4 Å². The van der Waals surface area contributed by atoms with Crippen LogP contribution in [0.1, 0.15) is 34.5 Å². The maximum atomic E-state index is 13.5. The molecule has 1 saturated heterocycles. The third-order valence-corrected chi connectivity index (χ3v) is 5.03. The lowest BCUT2D eigenvalue weighted by Gasteiger charge is -2.22. The summed E-state index contributed by atoms with van der Waals surface area (Å²) in [6, 6.07) is 4.87. The number of hydrogen-bond donors (Lipinski definition) is 2. The van der Waals surface area contributed by atoms with Crippen molar-refractivity contribution in [3.8, 4) is 0 Å². The van der Waals surface area contributed by atoms with E-state index in [9.17, 15) is 18.0 Å². The van der Waals surface area contributed by atoms with Crippen molar-refractivity contribution >= 4 is 29.1 Å². The number of aryl methyl sites for hydroxylation is 1. The lowest BCUT2D eigenvalue weighted by molar-refractivity contribution is -0.141. The van der Waals surface area contributed by atoms with Crippen LogP contribution >= 0.6 is 11.6 Å². The Kier molecular flexibility index (Phi) is 6.59. The Morgan fingerprint density at radius 3 is 2.69 bits per heavy atom. The van der Waals surface area contributed by atoms with Crippen LogP contribution in [0, 0.1) is 12.8 Å². The fraction of sp³-hybridized carbons (Fsp3) is 0.421. The SMILES string of the molecule is Cc1cc(Nc2ncc(C(=O)NCC3CCOCC3)c(C(F)(F)F)n2)ccc1Cl. The molecular formula is C19H20ClF3N4O2. The topological polar surface area (TPSA) is 76.1 Å². The van der Waals surface area contributed by atoms with E-state index in [1.165, 1.54) is 0 Å². The van der Waals surface area contributed by atoms with E-state index in [4.69, 9.17) is 16.3 Å². The third kappa shape index (κ3) is 5.57. The molecule has 2 aromatic rings. The smallest absolute Gasteiger partial charge is 0.381 e. The lowest BCUT2D eigenvalue weighted by Crippen LogP contribution is -2.33. The number of alkyl halides is 3. The van der Waals surface area contributed by atoms with Crippen LogP contribution in [0.5, 0.6) is 0 Å². The summed E-state index contributed by atoms with van der Waals surface area (Å²) >= 11 is 5.95. The minimum absolute atomic E-state index is 0.178. The van der Waals surface area contributed by atoms with E-state index in [2.05, 4.69) is 20.6 Å². The number of amides is 1. The van der Waals surface area contributed by atoms with Gasteiger partial charge in [0.25, 0.3) is 5.91 Å². The van der Waals surface area contributed by atoms with Crippen molar-refractivity contribution in [2.45, 2.75) is 25.9 Å². The quantitative estimate of drug-likeness (QED) is 0.740. The highest BCUT2D eigenvalue weighted by Gasteiger charge is 2.38. The number of hydrogen-bond acceptors (Lipinski definition) is 5. The molecule has 0 radical (unpaired) electrons. The minimum atomic E-state index is -4.80. The number of benzene rings is 1. The summed E-state index contributed by atoms with van der Waals surface area (Å²) in [5, 5.41) is 5.79. The summed E-state index contributed by atoms with van der Waals surface area (Å²) < 4.78 is 45.8. The van der Waals surface area contributed by atoms with E-state index >= 15 is 0 Å². The van der Waals surface area contributed by atoms with Crippen molar-refractivity contribution in [2.75, 3.05) is 25.1 Å². The van der Waals surface area contributed by atoms with E-state index in [0.29, 0.717) is 23.9 Å². The van der Waals surface area contributed by atoms with E-state index in [1.807, 2.05) is 0 Å². The van der Waals surface area contributed by atoms with Gasteiger partial charge in [0.05, 0.1) is 5.56 Å². The van der Waals surface area contributed by atoms with Gasteiger partial charge in [0, 0.05) is 36.7 Å². The number of anilines is 2. The van der Waals surface area contributed by atoms with Crippen LogP contribution in [0.3, 0.4) is 0 Å². The van der Waals surface area contributed by atoms with Crippen LogP contribution in [0.15, 0.2) is 24.4 Å². The molecule has 0 bridgehead atoms. The molecule has 0 aliphatic carbocycles. The van der Waals surface area contributed by atoms with Gasteiger partial charge in [-0.2, -0.15) is 13.2 Å². The van der Waals surface area contributed by atoms with Crippen molar-refractivity contribution < 1.29 is 22.7 Å².